The highest BCUT2D eigenvalue weighted by atomic mass is 14.9. The van der Waals surface area contributed by atoms with Crippen LogP contribution in [0.4, 0.5) is 0 Å². The fourth-order valence-electron chi connectivity index (χ4n) is 4.18. The second-order valence-corrected chi connectivity index (χ2v) is 6.82. The standard InChI is InChI=1S/C19H29N/c1-3-9-16(10-4-1)15-20-19-14-8-7-13-18(19)17-11-5-2-6-12-17/h2,5-6,11-12,16,18-20H,1,3-4,7-10,13-15H2. The highest BCUT2D eigenvalue weighted by molar-refractivity contribution is 5.22. The summed E-state index contributed by atoms with van der Waals surface area (Å²) in [6.07, 6.45) is 12.8. The zero-order valence-electron chi connectivity index (χ0n) is 12.7. The average Bonchev–Trinajstić information content (AvgIpc) is 2.55. The second-order valence-electron chi connectivity index (χ2n) is 6.82. The van der Waals surface area contributed by atoms with Gasteiger partial charge in [-0.05, 0) is 49.6 Å². The van der Waals surface area contributed by atoms with E-state index in [1.54, 1.807) is 5.56 Å². The van der Waals surface area contributed by atoms with E-state index in [1.165, 1.54) is 64.3 Å². The Morgan fingerprint density at radius 2 is 1.50 bits per heavy atom. The van der Waals surface area contributed by atoms with Gasteiger partial charge in [0.1, 0.15) is 0 Å². The second kappa shape index (κ2) is 7.26. The predicted octanol–water partition coefficient (Wildman–Crippen LogP) is 4.88. The molecule has 0 amide bonds. The Morgan fingerprint density at radius 3 is 2.30 bits per heavy atom. The minimum Gasteiger partial charge on any atom is -0.313 e. The number of hydrogen-bond acceptors (Lipinski definition) is 1. The molecule has 1 N–H and O–H groups in total. The molecule has 2 aliphatic rings. The number of hydrogen-bond donors (Lipinski definition) is 1. The topological polar surface area (TPSA) is 12.0 Å². The van der Waals surface area contributed by atoms with E-state index in [0.29, 0.717) is 6.04 Å². The Labute approximate surface area is 124 Å². The molecule has 0 radical (unpaired) electrons. The Kier molecular flexibility index (Phi) is 5.13. The summed E-state index contributed by atoms with van der Waals surface area (Å²) in [6.45, 7) is 1.26. The van der Waals surface area contributed by atoms with Gasteiger partial charge in [-0.1, -0.05) is 62.4 Å². The molecule has 2 unspecified atom stereocenters. The van der Waals surface area contributed by atoms with E-state index in [-0.39, 0.29) is 0 Å². The summed E-state index contributed by atoms with van der Waals surface area (Å²) in [6, 6.07) is 11.9. The molecule has 0 bridgehead atoms. The smallest absolute Gasteiger partial charge is 0.0136 e. The summed E-state index contributed by atoms with van der Waals surface area (Å²) in [5.74, 6) is 1.69. The van der Waals surface area contributed by atoms with E-state index in [2.05, 4.69) is 35.6 Å². The summed E-state index contributed by atoms with van der Waals surface area (Å²) in [4.78, 5) is 0. The van der Waals surface area contributed by atoms with E-state index in [1.807, 2.05) is 0 Å². The van der Waals surface area contributed by atoms with Gasteiger partial charge in [-0.3, -0.25) is 0 Å². The molecule has 0 spiro atoms. The summed E-state index contributed by atoms with van der Waals surface area (Å²) in [7, 11) is 0. The van der Waals surface area contributed by atoms with Gasteiger partial charge in [0.05, 0.1) is 0 Å². The third-order valence-corrected chi connectivity index (χ3v) is 5.39. The maximum absolute atomic E-state index is 3.94. The molecule has 2 atom stereocenters. The van der Waals surface area contributed by atoms with E-state index in [4.69, 9.17) is 0 Å². The van der Waals surface area contributed by atoms with Gasteiger partial charge in [0, 0.05) is 6.04 Å². The lowest BCUT2D eigenvalue weighted by Gasteiger charge is -2.34. The average molecular weight is 271 g/mol. The molecule has 2 aliphatic carbocycles. The van der Waals surface area contributed by atoms with Crippen LogP contribution in [-0.2, 0) is 0 Å². The first-order chi connectivity index (χ1) is 9.93. The first-order valence-electron chi connectivity index (χ1n) is 8.72. The number of nitrogens with one attached hydrogen (secondary N) is 1. The van der Waals surface area contributed by atoms with Gasteiger partial charge in [0.15, 0.2) is 0 Å². The molecule has 1 aromatic rings. The van der Waals surface area contributed by atoms with Crippen molar-refractivity contribution in [2.75, 3.05) is 6.54 Å². The van der Waals surface area contributed by atoms with Gasteiger partial charge in [-0.15, -0.1) is 0 Å². The van der Waals surface area contributed by atoms with Crippen molar-refractivity contribution in [3.05, 3.63) is 35.9 Å². The van der Waals surface area contributed by atoms with Crippen molar-refractivity contribution in [1.82, 2.24) is 5.32 Å². The Morgan fingerprint density at radius 1 is 0.800 bits per heavy atom. The van der Waals surface area contributed by atoms with Crippen LogP contribution in [0, 0.1) is 5.92 Å². The largest absolute Gasteiger partial charge is 0.313 e. The lowest BCUT2D eigenvalue weighted by molar-refractivity contribution is 0.280. The van der Waals surface area contributed by atoms with Crippen LogP contribution in [0.25, 0.3) is 0 Å². The van der Waals surface area contributed by atoms with Crippen molar-refractivity contribution in [3.8, 4) is 0 Å². The summed E-state index contributed by atoms with van der Waals surface area (Å²) >= 11 is 0. The summed E-state index contributed by atoms with van der Waals surface area (Å²) < 4.78 is 0. The Balaban J connectivity index is 1.57. The quantitative estimate of drug-likeness (QED) is 0.822. The lowest BCUT2D eigenvalue weighted by atomic mass is 9.79. The Bertz CT molecular complexity index is 380. The van der Waals surface area contributed by atoms with Gasteiger partial charge >= 0.3 is 0 Å². The molecule has 1 aromatic carbocycles. The minimum atomic E-state index is 0.716. The zero-order valence-corrected chi connectivity index (χ0v) is 12.7. The van der Waals surface area contributed by atoms with Gasteiger partial charge in [-0.2, -0.15) is 0 Å². The molecule has 1 nitrogen and oxygen atoms in total. The third kappa shape index (κ3) is 3.63. The molecule has 0 heterocycles. The van der Waals surface area contributed by atoms with Crippen molar-refractivity contribution in [2.45, 2.75) is 69.7 Å². The van der Waals surface area contributed by atoms with Crippen LogP contribution in [0.2, 0.25) is 0 Å². The molecule has 0 saturated heterocycles. The minimum absolute atomic E-state index is 0.716. The molecule has 20 heavy (non-hydrogen) atoms. The van der Waals surface area contributed by atoms with Crippen LogP contribution >= 0.6 is 0 Å². The van der Waals surface area contributed by atoms with Crippen LogP contribution in [-0.4, -0.2) is 12.6 Å². The molecule has 2 saturated carbocycles. The van der Waals surface area contributed by atoms with E-state index >= 15 is 0 Å². The van der Waals surface area contributed by atoms with Gasteiger partial charge < -0.3 is 5.32 Å². The highest BCUT2D eigenvalue weighted by Gasteiger charge is 2.26. The van der Waals surface area contributed by atoms with Crippen LogP contribution in [0.3, 0.4) is 0 Å². The van der Waals surface area contributed by atoms with Crippen LogP contribution in [0.5, 0.6) is 0 Å². The van der Waals surface area contributed by atoms with Crippen LogP contribution in [0.1, 0.15) is 69.3 Å². The van der Waals surface area contributed by atoms with Crippen LogP contribution in [0.15, 0.2) is 30.3 Å². The Hall–Kier alpha value is -0.820. The molecular weight excluding hydrogens is 242 g/mol. The van der Waals surface area contributed by atoms with Crippen molar-refractivity contribution in [2.24, 2.45) is 5.92 Å². The summed E-state index contributed by atoms with van der Waals surface area (Å²) in [5, 5.41) is 3.94. The van der Waals surface area contributed by atoms with Gasteiger partial charge in [0.25, 0.3) is 0 Å². The van der Waals surface area contributed by atoms with Crippen molar-refractivity contribution >= 4 is 0 Å². The fourth-order valence-corrected chi connectivity index (χ4v) is 4.18. The summed E-state index contributed by atoms with van der Waals surface area (Å²) in [5.41, 5.74) is 1.55. The van der Waals surface area contributed by atoms with Gasteiger partial charge in [0.2, 0.25) is 0 Å². The predicted molar refractivity (Wildman–Crippen MR) is 86.0 cm³/mol. The normalized spacial score (nSPS) is 28.4. The SMILES string of the molecule is c1ccc(C2CCCCC2NCC2CCCCC2)cc1. The van der Waals surface area contributed by atoms with E-state index in [9.17, 15) is 0 Å². The molecular formula is C19H29N. The third-order valence-electron chi connectivity index (χ3n) is 5.39. The molecule has 1 heteroatoms. The molecule has 0 aliphatic heterocycles. The van der Waals surface area contributed by atoms with Crippen molar-refractivity contribution in [1.29, 1.82) is 0 Å². The van der Waals surface area contributed by atoms with Crippen molar-refractivity contribution in [3.63, 3.8) is 0 Å². The monoisotopic (exact) mass is 271 g/mol. The molecule has 0 aromatic heterocycles. The van der Waals surface area contributed by atoms with E-state index < -0.39 is 0 Å². The van der Waals surface area contributed by atoms with Crippen molar-refractivity contribution < 1.29 is 0 Å². The first-order valence-corrected chi connectivity index (χ1v) is 8.72. The fraction of sp³-hybridized carbons (Fsp3) is 0.684. The van der Waals surface area contributed by atoms with Gasteiger partial charge in [-0.25, -0.2) is 0 Å². The lowest BCUT2D eigenvalue weighted by Crippen LogP contribution is -2.40. The molecule has 110 valence electrons. The maximum Gasteiger partial charge on any atom is 0.0136 e. The highest BCUT2D eigenvalue weighted by Crippen LogP contribution is 2.33. The molecule has 2 fully saturated rings. The molecule has 3 rings (SSSR count). The number of benzene rings is 1. The maximum atomic E-state index is 3.94. The number of rotatable bonds is 4. The first kappa shape index (κ1) is 14.1. The zero-order chi connectivity index (χ0) is 13.6. The van der Waals surface area contributed by atoms with Crippen LogP contribution < -0.4 is 5.32 Å². The van der Waals surface area contributed by atoms with E-state index in [0.717, 1.165) is 11.8 Å².